The van der Waals surface area contributed by atoms with Gasteiger partial charge in [-0.2, -0.15) is 0 Å². The van der Waals surface area contributed by atoms with E-state index in [9.17, 15) is 9.59 Å². The van der Waals surface area contributed by atoms with Crippen LogP contribution in [0.25, 0.3) is 0 Å². The molecule has 6 heteroatoms. The van der Waals surface area contributed by atoms with Gasteiger partial charge in [0.25, 0.3) is 0 Å². The Hall–Kier alpha value is -1.52. The van der Waals surface area contributed by atoms with Crippen molar-refractivity contribution >= 4 is 40.7 Å². The number of halogens is 2. The van der Waals surface area contributed by atoms with Crippen LogP contribution in [-0.2, 0) is 9.59 Å². The molecule has 2 unspecified atom stereocenters. The molecule has 0 aromatic heterocycles. The van der Waals surface area contributed by atoms with E-state index in [0.29, 0.717) is 28.7 Å². The zero-order valence-corrected chi connectivity index (χ0v) is 15.5. The van der Waals surface area contributed by atoms with Gasteiger partial charge in [-0.15, -0.1) is 0 Å². The summed E-state index contributed by atoms with van der Waals surface area (Å²) >= 11 is 11.9. The second-order valence-corrected chi connectivity index (χ2v) is 7.55. The molecule has 2 aliphatic carbocycles. The van der Waals surface area contributed by atoms with Crippen molar-refractivity contribution in [2.24, 2.45) is 11.8 Å². The van der Waals surface area contributed by atoms with Crippen molar-refractivity contribution in [2.75, 3.05) is 11.9 Å². The molecule has 2 amide bonds. The first kappa shape index (κ1) is 18.3. The molecule has 134 valence electrons. The molecule has 1 saturated carbocycles. The number of carbonyl (C=O) groups excluding carboxylic acids is 2. The molecular formula is C19H22Cl2N2O2. The third kappa shape index (κ3) is 4.99. The van der Waals surface area contributed by atoms with E-state index in [1.165, 1.54) is 18.4 Å². The lowest BCUT2D eigenvalue weighted by Gasteiger charge is -2.13. The van der Waals surface area contributed by atoms with Crippen LogP contribution in [0.15, 0.2) is 29.8 Å². The Morgan fingerprint density at radius 3 is 2.64 bits per heavy atom. The van der Waals surface area contributed by atoms with E-state index in [4.69, 9.17) is 23.2 Å². The van der Waals surface area contributed by atoms with Gasteiger partial charge < -0.3 is 10.6 Å². The van der Waals surface area contributed by atoms with E-state index in [1.54, 1.807) is 18.2 Å². The third-order valence-electron chi connectivity index (χ3n) is 4.78. The number of amides is 2. The number of benzene rings is 1. The van der Waals surface area contributed by atoms with Crippen molar-refractivity contribution in [2.45, 2.75) is 38.5 Å². The molecule has 0 bridgehead atoms. The Morgan fingerprint density at radius 1 is 1.12 bits per heavy atom. The van der Waals surface area contributed by atoms with Crippen molar-refractivity contribution in [1.82, 2.24) is 5.32 Å². The Labute approximate surface area is 158 Å². The molecule has 2 N–H and O–H groups in total. The van der Waals surface area contributed by atoms with Crippen LogP contribution < -0.4 is 10.6 Å². The molecule has 2 atom stereocenters. The van der Waals surface area contributed by atoms with E-state index < -0.39 is 0 Å². The average molecular weight is 381 g/mol. The topological polar surface area (TPSA) is 58.2 Å². The van der Waals surface area contributed by atoms with E-state index in [-0.39, 0.29) is 23.7 Å². The van der Waals surface area contributed by atoms with Crippen LogP contribution in [0.4, 0.5) is 5.69 Å². The fourth-order valence-corrected chi connectivity index (χ4v) is 3.66. The third-order valence-corrected chi connectivity index (χ3v) is 5.33. The fraction of sp³-hybridized carbons (Fsp3) is 0.474. The summed E-state index contributed by atoms with van der Waals surface area (Å²) in [5, 5.41) is 6.64. The maximum atomic E-state index is 12.3. The minimum Gasteiger partial charge on any atom is -0.356 e. The summed E-state index contributed by atoms with van der Waals surface area (Å²) in [5.74, 6) is -0.704. The van der Waals surface area contributed by atoms with Crippen LogP contribution in [0.5, 0.6) is 0 Å². The van der Waals surface area contributed by atoms with E-state index in [0.717, 1.165) is 19.3 Å². The highest BCUT2D eigenvalue weighted by atomic mass is 35.5. The maximum absolute atomic E-state index is 12.3. The molecular weight excluding hydrogens is 359 g/mol. The minimum atomic E-state index is -0.277. The number of allylic oxidation sites excluding steroid dienone is 1. The molecule has 0 saturated heterocycles. The summed E-state index contributed by atoms with van der Waals surface area (Å²) in [7, 11) is 0. The SMILES string of the molecule is O=C(NCCC1=CCCCC1)C1CC1C(=O)Nc1ccc(Cl)cc1Cl. The normalized spacial score (nSPS) is 22.1. The van der Waals surface area contributed by atoms with Gasteiger partial charge in [-0.05, 0) is 56.7 Å². The minimum absolute atomic E-state index is 0.0289. The van der Waals surface area contributed by atoms with Crippen LogP contribution in [-0.4, -0.2) is 18.4 Å². The molecule has 3 rings (SSSR count). The highest BCUT2D eigenvalue weighted by Crippen LogP contribution is 2.40. The fourth-order valence-electron chi connectivity index (χ4n) is 3.20. The molecule has 1 fully saturated rings. The lowest BCUT2D eigenvalue weighted by atomic mass is 9.97. The predicted molar refractivity (Wildman–Crippen MR) is 101 cm³/mol. The number of hydrogen-bond acceptors (Lipinski definition) is 2. The number of anilines is 1. The molecule has 1 aromatic carbocycles. The summed E-state index contributed by atoms with van der Waals surface area (Å²) < 4.78 is 0. The summed E-state index contributed by atoms with van der Waals surface area (Å²) in [5.41, 5.74) is 1.96. The van der Waals surface area contributed by atoms with Crippen LogP contribution in [0.2, 0.25) is 10.0 Å². The van der Waals surface area contributed by atoms with Crippen LogP contribution >= 0.6 is 23.2 Å². The average Bonchev–Trinajstić information content (AvgIpc) is 3.39. The van der Waals surface area contributed by atoms with E-state index >= 15 is 0 Å². The smallest absolute Gasteiger partial charge is 0.228 e. The van der Waals surface area contributed by atoms with Gasteiger partial charge in [0.15, 0.2) is 0 Å². The molecule has 0 heterocycles. The van der Waals surface area contributed by atoms with Gasteiger partial charge in [0.2, 0.25) is 11.8 Å². The Morgan fingerprint density at radius 2 is 1.92 bits per heavy atom. The van der Waals surface area contributed by atoms with Gasteiger partial charge in [0.05, 0.1) is 22.5 Å². The standard InChI is InChI=1S/C19H22Cl2N2O2/c20-13-6-7-17(16(21)10-13)23-19(25)15-11-14(15)18(24)22-9-8-12-4-2-1-3-5-12/h4,6-7,10,14-15H,1-3,5,8-9,11H2,(H,22,24)(H,23,25). The van der Waals surface area contributed by atoms with Crippen molar-refractivity contribution < 1.29 is 9.59 Å². The van der Waals surface area contributed by atoms with E-state index in [2.05, 4.69) is 16.7 Å². The quantitative estimate of drug-likeness (QED) is 0.709. The van der Waals surface area contributed by atoms with Gasteiger partial charge in [0, 0.05) is 11.6 Å². The summed E-state index contributed by atoms with van der Waals surface area (Å²) in [6.45, 7) is 0.651. The summed E-state index contributed by atoms with van der Waals surface area (Å²) in [4.78, 5) is 24.4. The molecule has 25 heavy (non-hydrogen) atoms. The second-order valence-electron chi connectivity index (χ2n) is 6.71. The van der Waals surface area contributed by atoms with Crippen molar-refractivity contribution in [3.63, 3.8) is 0 Å². The first-order valence-corrected chi connectivity index (χ1v) is 9.51. The lowest BCUT2D eigenvalue weighted by Crippen LogP contribution is -2.28. The summed E-state index contributed by atoms with van der Waals surface area (Å²) in [6.07, 6.45) is 8.61. The van der Waals surface area contributed by atoms with Gasteiger partial charge in [-0.25, -0.2) is 0 Å². The zero-order valence-electron chi connectivity index (χ0n) is 14.0. The number of hydrogen-bond donors (Lipinski definition) is 2. The molecule has 4 nitrogen and oxygen atoms in total. The Balaban J connectivity index is 1.42. The van der Waals surface area contributed by atoms with Gasteiger partial charge in [0.1, 0.15) is 0 Å². The van der Waals surface area contributed by atoms with Gasteiger partial charge >= 0.3 is 0 Å². The Bertz CT molecular complexity index is 703. The van der Waals surface area contributed by atoms with Gasteiger partial charge in [-0.1, -0.05) is 34.9 Å². The number of nitrogens with one attached hydrogen (secondary N) is 2. The van der Waals surface area contributed by atoms with Crippen LogP contribution in [0, 0.1) is 11.8 Å². The first-order chi connectivity index (χ1) is 12.0. The number of rotatable bonds is 6. The van der Waals surface area contributed by atoms with E-state index in [1.807, 2.05) is 0 Å². The van der Waals surface area contributed by atoms with Gasteiger partial charge in [-0.3, -0.25) is 9.59 Å². The van der Waals surface area contributed by atoms with Crippen LogP contribution in [0.3, 0.4) is 0 Å². The highest BCUT2D eigenvalue weighted by molar-refractivity contribution is 6.36. The van der Waals surface area contributed by atoms with Crippen molar-refractivity contribution in [3.05, 3.63) is 39.9 Å². The zero-order chi connectivity index (χ0) is 17.8. The largest absolute Gasteiger partial charge is 0.356 e. The maximum Gasteiger partial charge on any atom is 0.228 e. The Kier molecular flexibility index (Phi) is 6.02. The summed E-state index contributed by atoms with van der Waals surface area (Å²) in [6, 6.07) is 4.91. The first-order valence-electron chi connectivity index (χ1n) is 8.76. The molecule has 0 aliphatic heterocycles. The molecule has 1 aromatic rings. The lowest BCUT2D eigenvalue weighted by molar-refractivity contribution is -0.125. The second kappa shape index (κ2) is 8.24. The monoisotopic (exact) mass is 380 g/mol. The molecule has 0 radical (unpaired) electrons. The molecule has 0 spiro atoms. The molecule has 2 aliphatic rings. The highest BCUT2D eigenvalue weighted by Gasteiger charge is 2.47. The number of carbonyl (C=O) groups is 2. The van der Waals surface area contributed by atoms with Crippen molar-refractivity contribution in [1.29, 1.82) is 0 Å². The predicted octanol–water partition coefficient (Wildman–Crippen LogP) is 4.57. The van der Waals surface area contributed by atoms with Crippen molar-refractivity contribution in [3.8, 4) is 0 Å². The van der Waals surface area contributed by atoms with Crippen LogP contribution in [0.1, 0.15) is 38.5 Å².